The molecule has 0 aromatic carbocycles. The zero-order chi connectivity index (χ0) is 8.10. The van der Waals surface area contributed by atoms with Crippen molar-refractivity contribution in [1.82, 2.24) is 0 Å². The monoisotopic (exact) mass is 156 g/mol. The molecule has 66 valence electrons. The van der Waals surface area contributed by atoms with Crippen LogP contribution in [0.4, 0.5) is 0 Å². The molecule has 1 nitrogen and oxygen atoms in total. The van der Waals surface area contributed by atoms with E-state index in [1.165, 1.54) is 38.5 Å². The maximum atomic E-state index is 9.61. The molecule has 1 heteroatoms. The second-order valence-corrected chi connectivity index (χ2v) is 3.73. The average Bonchev–Trinajstić information content (AvgIpc) is 2.30. The molecule has 0 aromatic rings. The zero-order valence-electron chi connectivity index (χ0n) is 7.55. The third kappa shape index (κ3) is 2.82. The Bertz CT molecular complexity index is 93.0. The first-order chi connectivity index (χ1) is 5.34. The van der Waals surface area contributed by atoms with Gasteiger partial charge < -0.3 is 5.11 Å². The minimum Gasteiger partial charge on any atom is -0.393 e. The summed E-state index contributed by atoms with van der Waals surface area (Å²) in [7, 11) is 0. The van der Waals surface area contributed by atoms with E-state index in [1.54, 1.807) is 0 Å². The Kier molecular flexibility index (Phi) is 3.92. The van der Waals surface area contributed by atoms with Gasteiger partial charge in [-0.2, -0.15) is 0 Å². The number of aliphatic hydroxyl groups excluding tert-OH is 1. The molecule has 0 aromatic heterocycles. The molecule has 0 radical (unpaired) electrons. The number of aliphatic hydroxyl groups is 1. The quantitative estimate of drug-likeness (QED) is 0.609. The van der Waals surface area contributed by atoms with Gasteiger partial charge in [-0.15, -0.1) is 0 Å². The lowest BCUT2D eigenvalue weighted by molar-refractivity contribution is 0.0948. The molecule has 1 fully saturated rings. The number of hydrogen-bond acceptors (Lipinski definition) is 1. The van der Waals surface area contributed by atoms with Gasteiger partial charge in [0, 0.05) is 0 Å². The van der Waals surface area contributed by atoms with E-state index in [0.717, 1.165) is 6.42 Å². The highest BCUT2D eigenvalue weighted by molar-refractivity contribution is 4.70. The summed E-state index contributed by atoms with van der Waals surface area (Å²) in [6, 6.07) is 0. The Morgan fingerprint density at radius 2 is 1.73 bits per heavy atom. The van der Waals surface area contributed by atoms with Crippen LogP contribution in [-0.4, -0.2) is 11.2 Å². The molecule has 1 aliphatic rings. The van der Waals surface area contributed by atoms with E-state index in [4.69, 9.17) is 0 Å². The molecule has 0 bridgehead atoms. The van der Waals surface area contributed by atoms with Crippen LogP contribution >= 0.6 is 0 Å². The molecule has 1 N–H and O–H groups in total. The summed E-state index contributed by atoms with van der Waals surface area (Å²) in [5.74, 6) is 0.613. The van der Waals surface area contributed by atoms with Crippen molar-refractivity contribution in [2.24, 2.45) is 5.92 Å². The smallest absolute Gasteiger partial charge is 0.0565 e. The van der Waals surface area contributed by atoms with Gasteiger partial charge in [0.2, 0.25) is 0 Å². The lowest BCUT2D eigenvalue weighted by atomic mass is 9.93. The van der Waals surface area contributed by atoms with E-state index in [9.17, 15) is 5.11 Å². The lowest BCUT2D eigenvalue weighted by Gasteiger charge is -2.19. The van der Waals surface area contributed by atoms with Gasteiger partial charge in [0.1, 0.15) is 0 Å². The third-order valence-corrected chi connectivity index (χ3v) is 2.86. The van der Waals surface area contributed by atoms with Crippen LogP contribution in [0.15, 0.2) is 0 Å². The van der Waals surface area contributed by atoms with Crippen molar-refractivity contribution < 1.29 is 5.11 Å². The van der Waals surface area contributed by atoms with Crippen molar-refractivity contribution >= 4 is 0 Å². The fourth-order valence-electron chi connectivity index (χ4n) is 2.03. The Morgan fingerprint density at radius 3 is 2.18 bits per heavy atom. The van der Waals surface area contributed by atoms with E-state index in [1.807, 2.05) is 0 Å². The van der Waals surface area contributed by atoms with Crippen molar-refractivity contribution in [3.05, 3.63) is 0 Å². The maximum absolute atomic E-state index is 9.61. The molecule has 1 saturated carbocycles. The van der Waals surface area contributed by atoms with E-state index in [-0.39, 0.29) is 6.10 Å². The van der Waals surface area contributed by atoms with Crippen LogP contribution in [0.25, 0.3) is 0 Å². The van der Waals surface area contributed by atoms with Gasteiger partial charge in [-0.1, -0.05) is 32.6 Å². The van der Waals surface area contributed by atoms with Crippen LogP contribution < -0.4 is 0 Å². The number of rotatable bonds is 2. The first-order valence-electron chi connectivity index (χ1n) is 5.02. The highest BCUT2D eigenvalue weighted by Gasteiger charge is 2.18. The molecule has 0 amide bonds. The summed E-state index contributed by atoms with van der Waals surface area (Å²) in [5, 5.41) is 9.61. The molecule has 0 aliphatic heterocycles. The maximum Gasteiger partial charge on any atom is 0.0565 e. The van der Waals surface area contributed by atoms with Crippen LogP contribution in [0.3, 0.4) is 0 Å². The fraction of sp³-hybridized carbons (Fsp3) is 1.00. The molecule has 0 spiro atoms. The first kappa shape index (κ1) is 9.05. The van der Waals surface area contributed by atoms with E-state index >= 15 is 0 Å². The fourth-order valence-corrected chi connectivity index (χ4v) is 2.03. The minimum atomic E-state index is -0.0203. The highest BCUT2D eigenvalue weighted by atomic mass is 16.3. The first-order valence-corrected chi connectivity index (χ1v) is 5.02. The van der Waals surface area contributed by atoms with Crippen molar-refractivity contribution in [2.45, 2.75) is 58.0 Å². The Balaban J connectivity index is 2.30. The molecule has 0 saturated heterocycles. The van der Waals surface area contributed by atoms with Gasteiger partial charge in [0.25, 0.3) is 0 Å². The molecular formula is C10H20O. The normalized spacial score (nSPS) is 24.5. The SMILES string of the molecule is CC[C@H](O)C1CCCCCC1. The summed E-state index contributed by atoms with van der Waals surface area (Å²) in [6.07, 6.45) is 8.87. The Hall–Kier alpha value is -0.0400. The van der Waals surface area contributed by atoms with Gasteiger partial charge in [0.05, 0.1) is 6.10 Å². The van der Waals surface area contributed by atoms with Crippen LogP contribution in [0.1, 0.15) is 51.9 Å². The van der Waals surface area contributed by atoms with Gasteiger partial charge in [-0.05, 0) is 25.2 Å². The van der Waals surface area contributed by atoms with Gasteiger partial charge in [-0.25, -0.2) is 0 Å². The van der Waals surface area contributed by atoms with E-state index in [2.05, 4.69) is 6.92 Å². The zero-order valence-corrected chi connectivity index (χ0v) is 7.55. The summed E-state index contributed by atoms with van der Waals surface area (Å²) >= 11 is 0. The summed E-state index contributed by atoms with van der Waals surface area (Å²) < 4.78 is 0. The molecule has 1 rings (SSSR count). The summed E-state index contributed by atoms with van der Waals surface area (Å²) in [6.45, 7) is 2.08. The molecule has 1 atom stereocenters. The molecule has 1 aliphatic carbocycles. The average molecular weight is 156 g/mol. The Labute approximate surface area is 69.8 Å². The predicted molar refractivity (Wildman–Crippen MR) is 47.5 cm³/mol. The van der Waals surface area contributed by atoms with Crippen molar-refractivity contribution in [3.63, 3.8) is 0 Å². The predicted octanol–water partition coefficient (Wildman–Crippen LogP) is 2.73. The van der Waals surface area contributed by atoms with Crippen LogP contribution in [-0.2, 0) is 0 Å². The molecule has 0 unspecified atom stereocenters. The standard InChI is InChI=1S/C10H20O/c1-2-10(11)9-7-5-3-4-6-8-9/h9-11H,2-8H2,1H3/t10-/m0/s1. The second kappa shape index (κ2) is 4.76. The number of hydrogen-bond donors (Lipinski definition) is 1. The summed E-state index contributed by atoms with van der Waals surface area (Å²) in [4.78, 5) is 0. The molecule has 11 heavy (non-hydrogen) atoms. The minimum absolute atomic E-state index is 0.0203. The molecular weight excluding hydrogens is 136 g/mol. The van der Waals surface area contributed by atoms with Crippen molar-refractivity contribution in [1.29, 1.82) is 0 Å². The lowest BCUT2D eigenvalue weighted by Crippen LogP contribution is -2.18. The molecule has 0 heterocycles. The Morgan fingerprint density at radius 1 is 1.18 bits per heavy atom. The van der Waals surface area contributed by atoms with Crippen molar-refractivity contribution in [3.8, 4) is 0 Å². The highest BCUT2D eigenvalue weighted by Crippen LogP contribution is 2.26. The van der Waals surface area contributed by atoms with Crippen LogP contribution in [0, 0.1) is 5.92 Å². The van der Waals surface area contributed by atoms with Crippen LogP contribution in [0.5, 0.6) is 0 Å². The topological polar surface area (TPSA) is 20.2 Å². The van der Waals surface area contributed by atoms with Gasteiger partial charge in [-0.3, -0.25) is 0 Å². The van der Waals surface area contributed by atoms with Crippen LogP contribution in [0.2, 0.25) is 0 Å². The van der Waals surface area contributed by atoms with E-state index < -0.39 is 0 Å². The van der Waals surface area contributed by atoms with Gasteiger partial charge in [0.15, 0.2) is 0 Å². The van der Waals surface area contributed by atoms with Gasteiger partial charge >= 0.3 is 0 Å². The summed E-state index contributed by atoms with van der Waals surface area (Å²) in [5.41, 5.74) is 0. The van der Waals surface area contributed by atoms with Crippen molar-refractivity contribution in [2.75, 3.05) is 0 Å². The third-order valence-electron chi connectivity index (χ3n) is 2.86. The second-order valence-electron chi connectivity index (χ2n) is 3.73. The van der Waals surface area contributed by atoms with E-state index in [0.29, 0.717) is 5.92 Å². The largest absolute Gasteiger partial charge is 0.393 e.